The van der Waals surface area contributed by atoms with Crippen LogP contribution in [0.2, 0.25) is 10.0 Å². The molecule has 0 spiro atoms. The van der Waals surface area contributed by atoms with Gasteiger partial charge in [-0.25, -0.2) is 9.18 Å². The lowest BCUT2D eigenvalue weighted by Crippen LogP contribution is -2.32. The molecule has 0 saturated heterocycles. The molecule has 110 valence electrons. The molecule has 1 amide bonds. The average Bonchev–Trinajstić information content (AvgIpc) is 2.29. The molecule has 0 radical (unpaired) electrons. The zero-order chi connectivity index (χ0) is 15.3. The molecular weight excluding hydrogens is 304 g/mol. The van der Waals surface area contributed by atoms with Crippen molar-refractivity contribution < 1.29 is 13.9 Å². The van der Waals surface area contributed by atoms with Crippen molar-refractivity contribution in [1.29, 1.82) is 0 Å². The van der Waals surface area contributed by atoms with Gasteiger partial charge in [0.15, 0.2) is 5.82 Å². The summed E-state index contributed by atoms with van der Waals surface area (Å²) in [7, 11) is 0. The zero-order valence-corrected chi connectivity index (χ0v) is 13.0. The van der Waals surface area contributed by atoms with Gasteiger partial charge in [-0.05, 0) is 38.5 Å². The maximum Gasteiger partial charge on any atom is 0.407 e. The Hall–Kier alpha value is -1.26. The van der Waals surface area contributed by atoms with Crippen LogP contribution in [0.3, 0.4) is 0 Å². The molecular formula is C14H16Cl2FNO2. The minimum absolute atomic E-state index is 0.0442. The lowest BCUT2D eigenvalue weighted by Gasteiger charge is -2.19. The number of hydrogen-bond acceptors (Lipinski definition) is 2. The molecule has 3 nitrogen and oxygen atoms in total. The van der Waals surface area contributed by atoms with E-state index in [1.54, 1.807) is 32.9 Å². The second kappa shape index (κ2) is 6.95. The van der Waals surface area contributed by atoms with Crippen LogP contribution < -0.4 is 5.32 Å². The Morgan fingerprint density at radius 3 is 2.40 bits per heavy atom. The molecule has 1 aromatic rings. The van der Waals surface area contributed by atoms with Crippen LogP contribution in [-0.4, -0.2) is 18.2 Å². The first-order chi connectivity index (χ1) is 9.19. The Balaban J connectivity index is 2.52. The summed E-state index contributed by atoms with van der Waals surface area (Å²) in [4.78, 5) is 11.4. The second-order valence-corrected chi connectivity index (χ2v) is 5.90. The summed E-state index contributed by atoms with van der Waals surface area (Å²) in [5.74, 6) is -0.641. The largest absolute Gasteiger partial charge is 0.444 e. The number of amides is 1. The van der Waals surface area contributed by atoms with Gasteiger partial charge in [0.2, 0.25) is 0 Å². The lowest BCUT2D eigenvalue weighted by molar-refractivity contribution is 0.0534. The zero-order valence-electron chi connectivity index (χ0n) is 11.5. The van der Waals surface area contributed by atoms with E-state index < -0.39 is 17.5 Å². The van der Waals surface area contributed by atoms with Crippen molar-refractivity contribution in [2.24, 2.45) is 0 Å². The van der Waals surface area contributed by atoms with Crippen molar-refractivity contribution in [1.82, 2.24) is 5.32 Å². The molecule has 0 aliphatic carbocycles. The van der Waals surface area contributed by atoms with Gasteiger partial charge < -0.3 is 10.1 Å². The number of rotatable bonds is 3. The first kappa shape index (κ1) is 16.8. The molecule has 0 heterocycles. The average molecular weight is 320 g/mol. The van der Waals surface area contributed by atoms with Crippen LogP contribution in [0, 0.1) is 5.82 Å². The standard InChI is InChI=1S/C14H16Cl2FNO2/c1-14(2,3)20-13(19)18-6-4-5-9-7-10(15)12(17)11(16)8-9/h4-5,7-8H,6H2,1-3H3,(H,18,19). The summed E-state index contributed by atoms with van der Waals surface area (Å²) < 4.78 is 18.3. The Bertz CT molecular complexity index is 501. The number of halogens is 3. The van der Waals surface area contributed by atoms with Crippen molar-refractivity contribution >= 4 is 35.4 Å². The van der Waals surface area contributed by atoms with Crippen LogP contribution in [0.25, 0.3) is 6.08 Å². The third-order valence-electron chi connectivity index (χ3n) is 2.08. The Morgan fingerprint density at radius 1 is 1.35 bits per heavy atom. The maximum absolute atomic E-state index is 13.2. The maximum atomic E-state index is 13.2. The van der Waals surface area contributed by atoms with Gasteiger partial charge in [0, 0.05) is 6.54 Å². The minimum atomic E-state index is -0.641. The van der Waals surface area contributed by atoms with Crippen LogP contribution in [0.4, 0.5) is 9.18 Å². The molecule has 0 unspecified atom stereocenters. The highest BCUT2D eigenvalue weighted by molar-refractivity contribution is 6.35. The summed E-state index contributed by atoms with van der Waals surface area (Å²) in [6, 6.07) is 2.90. The van der Waals surface area contributed by atoms with Gasteiger partial charge in [0.1, 0.15) is 5.60 Å². The first-order valence-electron chi connectivity index (χ1n) is 5.97. The molecule has 0 bridgehead atoms. The number of alkyl carbamates (subject to hydrolysis) is 1. The van der Waals surface area contributed by atoms with Crippen LogP contribution in [-0.2, 0) is 4.74 Å². The van der Waals surface area contributed by atoms with E-state index >= 15 is 0 Å². The molecule has 1 rings (SSSR count). The van der Waals surface area contributed by atoms with E-state index in [9.17, 15) is 9.18 Å². The third kappa shape index (κ3) is 5.80. The predicted octanol–water partition coefficient (Wildman–Crippen LogP) is 4.67. The molecule has 1 aromatic carbocycles. The van der Waals surface area contributed by atoms with E-state index in [1.165, 1.54) is 12.1 Å². The van der Waals surface area contributed by atoms with Gasteiger partial charge in [-0.1, -0.05) is 35.4 Å². The number of carbonyl (C=O) groups is 1. The number of carbonyl (C=O) groups excluding carboxylic acids is 1. The smallest absolute Gasteiger partial charge is 0.407 e. The monoisotopic (exact) mass is 319 g/mol. The van der Waals surface area contributed by atoms with Crippen molar-refractivity contribution in [3.05, 3.63) is 39.6 Å². The van der Waals surface area contributed by atoms with Gasteiger partial charge >= 0.3 is 6.09 Å². The van der Waals surface area contributed by atoms with E-state index in [-0.39, 0.29) is 16.6 Å². The van der Waals surface area contributed by atoms with E-state index in [4.69, 9.17) is 27.9 Å². The minimum Gasteiger partial charge on any atom is -0.444 e. The summed E-state index contributed by atoms with van der Waals surface area (Å²) in [6.45, 7) is 5.63. The fraction of sp³-hybridized carbons (Fsp3) is 0.357. The van der Waals surface area contributed by atoms with Crippen LogP contribution in [0.15, 0.2) is 18.2 Å². The van der Waals surface area contributed by atoms with E-state index in [0.29, 0.717) is 5.56 Å². The van der Waals surface area contributed by atoms with E-state index in [0.717, 1.165) is 0 Å². The summed E-state index contributed by atoms with van der Waals surface area (Å²) >= 11 is 11.3. The number of hydrogen-bond donors (Lipinski definition) is 1. The van der Waals surface area contributed by atoms with E-state index in [1.807, 2.05) is 0 Å². The first-order valence-corrected chi connectivity index (χ1v) is 6.72. The number of nitrogens with one attached hydrogen (secondary N) is 1. The van der Waals surface area contributed by atoms with Gasteiger partial charge in [-0.3, -0.25) is 0 Å². The van der Waals surface area contributed by atoms with Gasteiger partial charge in [0.25, 0.3) is 0 Å². The fourth-order valence-corrected chi connectivity index (χ4v) is 1.83. The molecule has 0 aliphatic heterocycles. The molecule has 1 N–H and O–H groups in total. The quantitative estimate of drug-likeness (QED) is 0.822. The highest BCUT2D eigenvalue weighted by Crippen LogP contribution is 2.25. The summed E-state index contributed by atoms with van der Waals surface area (Å²) in [6.07, 6.45) is 2.86. The normalized spacial score (nSPS) is 11.7. The molecule has 0 atom stereocenters. The summed E-state index contributed by atoms with van der Waals surface area (Å²) in [5, 5.41) is 2.47. The number of ether oxygens (including phenoxy) is 1. The Morgan fingerprint density at radius 2 is 1.90 bits per heavy atom. The van der Waals surface area contributed by atoms with Crippen LogP contribution in [0.5, 0.6) is 0 Å². The lowest BCUT2D eigenvalue weighted by atomic mass is 10.2. The van der Waals surface area contributed by atoms with Crippen LogP contribution in [0.1, 0.15) is 26.3 Å². The predicted molar refractivity (Wildman–Crippen MR) is 79.7 cm³/mol. The highest BCUT2D eigenvalue weighted by Gasteiger charge is 2.15. The molecule has 0 aromatic heterocycles. The van der Waals surface area contributed by atoms with Crippen molar-refractivity contribution in [2.75, 3.05) is 6.54 Å². The molecule has 20 heavy (non-hydrogen) atoms. The SMILES string of the molecule is CC(C)(C)OC(=O)NCC=Cc1cc(Cl)c(F)c(Cl)c1. The molecule has 0 aliphatic rings. The molecule has 0 fully saturated rings. The second-order valence-electron chi connectivity index (χ2n) is 5.08. The van der Waals surface area contributed by atoms with Gasteiger partial charge in [-0.2, -0.15) is 0 Å². The van der Waals surface area contributed by atoms with Gasteiger partial charge in [0.05, 0.1) is 10.0 Å². The third-order valence-corrected chi connectivity index (χ3v) is 2.63. The fourth-order valence-electron chi connectivity index (χ4n) is 1.32. The Labute approximate surface area is 127 Å². The molecule has 0 saturated carbocycles. The highest BCUT2D eigenvalue weighted by atomic mass is 35.5. The molecule has 6 heteroatoms. The van der Waals surface area contributed by atoms with Crippen molar-refractivity contribution in [3.8, 4) is 0 Å². The van der Waals surface area contributed by atoms with Crippen molar-refractivity contribution in [2.45, 2.75) is 26.4 Å². The summed E-state index contributed by atoms with van der Waals surface area (Å²) in [5.41, 5.74) is 0.110. The Kier molecular flexibility index (Phi) is 5.84. The van der Waals surface area contributed by atoms with E-state index in [2.05, 4.69) is 5.32 Å². The van der Waals surface area contributed by atoms with Crippen LogP contribution >= 0.6 is 23.2 Å². The van der Waals surface area contributed by atoms with Gasteiger partial charge in [-0.15, -0.1) is 0 Å². The number of benzene rings is 1. The van der Waals surface area contributed by atoms with Crippen molar-refractivity contribution in [3.63, 3.8) is 0 Å². The topological polar surface area (TPSA) is 38.3 Å².